The van der Waals surface area contributed by atoms with Gasteiger partial charge in [0.25, 0.3) is 5.91 Å². The van der Waals surface area contributed by atoms with Gasteiger partial charge in [0.05, 0.1) is 6.61 Å². The van der Waals surface area contributed by atoms with Crippen LogP contribution in [0.3, 0.4) is 0 Å². The van der Waals surface area contributed by atoms with E-state index in [2.05, 4.69) is 17.2 Å². The maximum atomic E-state index is 12.5. The number of carbonyl (C=O) groups excluding carboxylic acids is 1. The molecule has 2 aromatic carbocycles. The number of anilines is 1. The fraction of sp³-hybridized carbons (Fsp3) is 0.182. The zero-order chi connectivity index (χ0) is 19.3. The van der Waals surface area contributed by atoms with Crippen molar-refractivity contribution in [2.24, 2.45) is 0 Å². The van der Waals surface area contributed by atoms with Gasteiger partial charge in [-0.1, -0.05) is 31.5 Å². The highest BCUT2D eigenvalue weighted by Crippen LogP contribution is 2.30. The molecule has 0 aliphatic carbocycles. The number of hydrogen-bond donors (Lipinski definition) is 1. The lowest BCUT2D eigenvalue weighted by Gasteiger charge is -2.06. The normalized spacial score (nSPS) is 10.9. The van der Waals surface area contributed by atoms with Crippen molar-refractivity contribution in [3.8, 4) is 17.2 Å². The summed E-state index contributed by atoms with van der Waals surface area (Å²) in [6.07, 6.45) is 2.10. The van der Waals surface area contributed by atoms with Gasteiger partial charge in [-0.3, -0.25) is 10.1 Å². The fourth-order valence-electron chi connectivity index (χ4n) is 2.76. The molecule has 0 saturated heterocycles. The third-order valence-electron chi connectivity index (χ3n) is 4.29. The maximum absolute atomic E-state index is 12.5. The minimum atomic E-state index is -0.203. The molecule has 0 unspecified atom stereocenters. The van der Waals surface area contributed by atoms with Gasteiger partial charge in [-0.2, -0.15) is 0 Å². The highest BCUT2D eigenvalue weighted by atomic mass is 32.1. The van der Waals surface area contributed by atoms with E-state index in [0.717, 1.165) is 29.6 Å². The average molecular weight is 392 g/mol. The van der Waals surface area contributed by atoms with Crippen LogP contribution in [0.15, 0.2) is 64.4 Å². The van der Waals surface area contributed by atoms with Crippen molar-refractivity contribution in [3.63, 3.8) is 0 Å². The molecule has 0 fully saturated rings. The molecule has 0 radical (unpaired) electrons. The number of benzene rings is 2. The fourth-order valence-corrected chi connectivity index (χ4v) is 3.45. The first-order chi connectivity index (χ1) is 13.7. The molecular formula is C22H20N2O3S. The molecule has 0 aliphatic rings. The summed E-state index contributed by atoms with van der Waals surface area (Å²) in [6, 6.07) is 16.9. The number of para-hydroxylation sites is 1. The predicted octanol–water partition coefficient (Wildman–Crippen LogP) is 5.99. The first kappa shape index (κ1) is 18.3. The van der Waals surface area contributed by atoms with Crippen LogP contribution >= 0.6 is 11.3 Å². The number of fused-ring (bicyclic) bond motifs is 1. The molecule has 2 heterocycles. The molecule has 4 aromatic rings. The standard InChI is InChI=1S/C22H20N2O3S/c1-2-3-12-26-17-10-8-15(9-11-17)21(25)24-22-23-18(14-28-22)20-13-16-6-4-5-7-19(16)27-20/h4-11,13-14H,2-3,12H2,1H3,(H,23,24,25). The molecule has 5 nitrogen and oxygen atoms in total. The molecule has 142 valence electrons. The Hall–Kier alpha value is -3.12. The Kier molecular flexibility index (Phi) is 5.39. The Morgan fingerprint density at radius 2 is 2.00 bits per heavy atom. The number of unbranched alkanes of at least 4 members (excludes halogenated alkanes) is 1. The van der Waals surface area contributed by atoms with Crippen LogP contribution in [-0.4, -0.2) is 17.5 Å². The zero-order valence-electron chi connectivity index (χ0n) is 15.5. The molecule has 0 spiro atoms. The zero-order valence-corrected chi connectivity index (χ0v) is 16.3. The molecule has 0 atom stereocenters. The van der Waals surface area contributed by atoms with Gasteiger partial charge in [0.15, 0.2) is 10.9 Å². The van der Waals surface area contributed by atoms with E-state index in [-0.39, 0.29) is 5.91 Å². The largest absolute Gasteiger partial charge is 0.494 e. The van der Waals surface area contributed by atoms with Gasteiger partial charge in [0, 0.05) is 16.3 Å². The van der Waals surface area contributed by atoms with E-state index < -0.39 is 0 Å². The van der Waals surface area contributed by atoms with Crippen LogP contribution in [0, 0.1) is 0 Å². The number of nitrogens with zero attached hydrogens (tertiary/aromatic N) is 1. The minimum Gasteiger partial charge on any atom is -0.494 e. The van der Waals surface area contributed by atoms with E-state index in [4.69, 9.17) is 9.15 Å². The van der Waals surface area contributed by atoms with E-state index in [0.29, 0.717) is 28.8 Å². The van der Waals surface area contributed by atoms with Gasteiger partial charge in [-0.05, 0) is 42.8 Å². The number of aromatic nitrogens is 1. The molecule has 1 N–H and O–H groups in total. The van der Waals surface area contributed by atoms with E-state index >= 15 is 0 Å². The summed E-state index contributed by atoms with van der Waals surface area (Å²) in [5, 5.41) is 6.27. The van der Waals surface area contributed by atoms with Crippen LogP contribution in [0.25, 0.3) is 22.4 Å². The second-order valence-electron chi connectivity index (χ2n) is 6.37. The van der Waals surface area contributed by atoms with Crippen molar-refractivity contribution in [2.45, 2.75) is 19.8 Å². The second-order valence-corrected chi connectivity index (χ2v) is 7.22. The summed E-state index contributed by atoms with van der Waals surface area (Å²) in [5.74, 6) is 1.25. The van der Waals surface area contributed by atoms with E-state index in [1.54, 1.807) is 12.1 Å². The SMILES string of the molecule is CCCCOc1ccc(C(=O)Nc2nc(-c3cc4ccccc4o3)cs2)cc1. The number of rotatable bonds is 7. The molecule has 4 rings (SSSR count). The Labute approximate surface area is 167 Å². The van der Waals surface area contributed by atoms with E-state index in [1.165, 1.54) is 11.3 Å². The summed E-state index contributed by atoms with van der Waals surface area (Å²) >= 11 is 1.37. The highest BCUT2D eigenvalue weighted by Gasteiger charge is 2.13. The van der Waals surface area contributed by atoms with Crippen molar-refractivity contribution >= 4 is 33.3 Å². The van der Waals surface area contributed by atoms with Crippen molar-refractivity contribution < 1.29 is 13.9 Å². The number of carbonyl (C=O) groups is 1. The van der Waals surface area contributed by atoms with Crippen molar-refractivity contribution in [1.29, 1.82) is 0 Å². The topological polar surface area (TPSA) is 64.4 Å². The second kappa shape index (κ2) is 8.27. The minimum absolute atomic E-state index is 0.203. The van der Waals surface area contributed by atoms with E-state index in [1.807, 2.05) is 47.8 Å². The number of hydrogen-bond acceptors (Lipinski definition) is 5. The maximum Gasteiger partial charge on any atom is 0.257 e. The van der Waals surface area contributed by atoms with Gasteiger partial charge in [-0.25, -0.2) is 4.98 Å². The van der Waals surface area contributed by atoms with Gasteiger partial charge < -0.3 is 9.15 Å². The van der Waals surface area contributed by atoms with Crippen molar-refractivity contribution in [1.82, 2.24) is 4.98 Å². The molecular weight excluding hydrogens is 372 g/mol. The van der Waals surface area contributed by atoms with Crippen LogP contribution in [0.5, 0.6) is 5.75 Å². The molecule has 0 saturated carbocycles. The summed E-state index contributed by atoms with van der Waals surface area (Å²) in [7, 11) is 0. The monoisotopic (exact) mass is 392 g/mol. The molecule has 2 aromatic heterocycles. The van der Waals surface area contributed by atoms with E-state index in [9.17, 15) is 4.79 Å². The smallest absolute Gasteiger partial charge is 0.257 e. The summed E-state index contributed by atoms with van der Waals surface area (Å²) in [6.45, 7) is 2.81. The lowest BCUT2D eigenvalue weighted by molar-refractivity contribution is 0.102. The van der Waals surface area contributed by atoms with Crippen molar-refractivity contribution in [2.75, 3.05) is 11.9 Å². The Morgan fingerprint density at radius 1 is 1.18 bits per heavy atom. The summed E-state index contributed by atoms with van der Waals surface area (Å²) in [5.41, 5.74) is 2.08. The predicted molar refractivity (Wildman–Crippen MR) is 112 cm³/mol. The molecule has 28 heavy (non-hydrogen) atoms. The number of furan rings is 1. The number of amides is 1. The van der Waals surface area contributed by atoms with Crippen molar-refractivity contribution in [3.05, 3.63) is 65.5 Å². The highest BCUT2D eigenvalue weighted by molar-refractivity contribution is 7.14. The van der Waals surface area contributed by atoms with Gasteiger partial charge in [0.1, 0.15) is 17.0 Å². The third-order valence-corrected chi connectivity index (χ3v) is 5.04. The Balaban J connectivity index is 1.42. The number of thiazole rings is 1. The first-order valence-electron chi connectivity index (χ1n) is 9.21. The first-order valence-corrected chi connectivity index (χ1v) is 10.1. The van der Waals surface area contributed by atoms with Gasteiger partial charge in [0.2, 0.25) is 0 Å². The van der Waals surface area contributed by atoms with Gasteiger partial charge in [-0.15, -0.1) is 11.3 Å². The molecule has 1 amide bonds. The van der Waals surface area contributed by atoms with Crippen LogP contribution in [-0.2, 0) is 0 Å². The summed E-state index contributed by atoms with van der Waals surface area (Å²) < 4.78 is 11.5. The molecule has 6 heteroatoms. The molecule has 0 aliphatic heterocycles. The average Bonchev–Trinajstić information content (AvgIpc) is 3.35. The Bertz CT molecular complexity index is 1050. The quantitative estimate of drug-likeness (QED) is 0.393. The summed E-state index contributed by atoms with van der Waals surface area (Å²) in [4.78, 5) is 16.9. The number of nitrogens with one attached hydrogen (secondary N) is 1. The third kappa shape index (κ3) is 4.07. The molecule has 0 bridgehead atoms. The van der Waals surface area contributed by atoms with Crippen LogP contribution in [0.1, 0.15) is 30.1 Å². The number of ether oxygens (including phenoxy) is 1. The van der Waals surface area contributed by atoms with Crippen LogP contribution < -0.4 is 10.1 Å². The lowest BCUT2D eigenvalue weighted by atomic mass is 10.2. The Morgan fingerprint density at radius 3 is 2.79 bits per heavy atom. The lowest BCUT2D eigenvalue weighted by Crippen LogP contribution is -2.11. The van der Waals surface area contributed by atoms with Crippen LogP contribution in [0.4, 0.5) is 5.13 Å². The van der Waals surface area contributed by atoms with Gasteiger partial charge >= 0.3 is 0 Å². The van der Waals surface area contributed by atoms with Crippen LogP contribution in [0.2, 0.25) is 0 Å².